The predicted octanol–water partition coefficient (Wildman–Crippen LogP) is 4.09. The molecule has 0 fully saturated rings. The van der Waals surface area contributed by atoms with E-state index < -0.39 is 0 Å². The first-order chi connectivity index (χ1) is 14.9. The Morgan fingerprint density at radius 3 is 2.45 bits per heavy atom. The molecule has 0 spiro atoms. The maximum absolute atomic E-state index is 12.7. The zero-order valence-electron chi connectivity index (χ0n) is 18.0. The van der Waals surface area contributed by atoms with Gasteiger partial charge >= 0.3 is 0 Å². The molecule has 4 aromatic rings. The van der Waals surface area contributed by atoms with Crippen molar-refractivity contribution in [3.05, 3.63) is 77.9 Å². The molecule has 2 heterocycles. The Labute approximate surface area is 181 Å². The highest BCUT2D eigenvalue weighted by Crippen LogP contribution is 2.22. The number of carbonyl (C=O) groups excluding carboxylic acids is 1. The van der Waals surface area contributed by atoms with Crippen LogP contribution in [0.25, 0.3) is 16.9 Å². The van der Waals surface area contributed by atoms with Crippen molar-refractivity contribution < 1.29 is 9.53 Å². The lowest BCUT2D eigenvalue weighted by atomic mass is 9.99. The van der Waals surface area contributed by atoms with Crippen molar-refractivity contribution in [2.24, 2.45) is 0 Å². The fourth-order valence-corrected chi connectivity index (χ4v) is 3.32. The van der Waals surface area contributed by atoms with Gasteiger partial charge in [0, 0.05) is 11.6 Å². The van der Waals surface area contributed by atoms with E-state index in [4.69, 9.17) is 4.74 Å². The van der Waals surface area contributed by atoms with Gasteiger partial charge in [0.1, 0.15) is 12.1 Å². The van der Waals surface area contributed by atoms with Gasteiger partial charge in [-0.25, -0.2) is 14.5 Å². The number of ether oxygens (including phenoxy) is 1. The quantitative estimate of drug-likeness (QED) is 0.513. The maximum Gasteiger partial charge on any atom is 0.227 e. The molecule has 31 heavy (non-hydrogen) atoms. The second kappa shape index (κ2) is 8.55. The lowest BCUT2D eigenvalue weighted by molar-refractivity contribution is -0.122. The van der Waals surface area contributed by atoms with Crippen LogP contribution in [0.5, 0.6) is 5.75 Å². The molecule has 0 aliphatic rings. The largest absolute Gasteiger partial charge is 0.497 e. The van der Waals surface area contributed by atoms with Crippen LogP contribution < -0.4 is 10.1 Å². The van der Waals surface area contributed by atoms with Crippen LogP contribution in [0.2, 0.25) is 0 Å². The molecule has 1 amide bonds. The SMILES string of the molecule is COc1ccc(-c2cc3nc([C@@H](C)NC(=O)[C@@H](C)c4ccc(C)cc4)nn3cn2)cc1. The van der Waals surface area contributed by atoms with Gasteiger partial charge in [0.25, 0.3) is 0 Å². The Balaban J connectivity index is 1.50. The van der Waals surface area contributed by atoms with Crippen LogP contribution in [0.3, 0.4) is 0 Å². The minimum atomic E-state index is -0.329. The standard InChI is InChI=1S/C24H25N5O2/c1-15-5-7-18(8-6-15)16(2)24(30)26-17(3)23-27-22-13-21(25-14-29(22)28-23)19-9-11-20(31-4)12-10-19/h5-14,16-17H,1-4H3,(H,26,30)/t16-,17+/m0/s1. The van der Waals surface area contributed by atoms with Gasteiger partial charge in [-0.15, -0.1) is 5.10 Å². The topological polar surface area (TPSA) is 81.4 Å². The van der Waals surface area contributed by atoms with Crippen LogP contribution in [0.15, 0.2) is 60.9 Å². The molecular formula is C24H25N5O2. The van der Waals surface area contributed by atoms with Crippen LogP contribution in [0, 0.1) is 6.92 Å². The van der Waals surface area contributed by atoms with Crippen molar-refractivity contribution in [3.8, 4) is 17.0 Å². The summed E-state index contributed by atoms with van der Waals surface area (Å²) >= 11 is 0. The average Bonchev–Trinajstić information content (AvgIpc) is 3.23. The summed E-state index contributed by atoms with van der Waals surface area (Å²) in [5.41, 5.74) is 4.57. The molecule has 0 radical (unpaired) electrons. The van der Waals surface area contributed by atoms with Gasteiger partial charge in [-0.05, 0) is 50.6 Å². The maximum atomic E-state index is 12.7. The molecule has 158 valence electrons. The van der Waals surface area contributed by atoms with E-state index in [1.54, 1.807) is 18.0 Å². The van der Waals surface area contributed by atoms with Gasteiger partial charge in [0.05, 0.1) is 24.8 Å². The van der Waals surface area contributed by atoms with Crippen molar-refractivity contribution in [1.29, 1.82) is 0 Å². The van der Waals surface area contributed by atoms with E-state index in [9.17, 15) is 4.79 Å². The zero-order valence-corrected chi connectivity index (χ0v) is 18.0. The van der Waals surface area contributed by atoms with E-state index in [0.717, 1.165) is 22.6 Å². The van der Waals surface area contributed by atoms with Gasteiger partial charge < -0.3 is 10.1 Å². The van der Waals surface area contributed by atoms with Gasteiger partial charge in [-0.1, -0.05) is 29.8 Å². The van der Waals surface area contributed by atoms with Crippen molar-refractivity contribution in [1.82, 2.24) is 24.9 Å². The minimum absolute atomic E-state index is 0.0627. The Hall–Kier alpha value is -3.74. The average molecular weight is 415 g/mol. The molecule has 2 atom stereocenters. The molecule has 0 saturated carbocycles. The Bertz CT molecular complexity index is 1200. The molecule has 4 rings (SSSR count). The van der Waals surface area contributed by atoms with Crippen LogP contribution in [-0.2, 0) is 4.79 Å². The summed E-state index contributed by atoms with van der Waals surface area (Å²) in [4.78, 5) is 21.8. The van der Waals surface area contributed by atoms with Crippen LogP contribution >= 0.6 is 0 Å². The van der Waals surface area contributed by atoms with E-state index in [1.807, 2.05) is 75.4 Å². The summed E-state index contributed by atoms with van der Waals surface area (Å²) < 4.78 is 6.82. The molecule has 7 heteroatoms. The first-order valence-electron chi connectivity index (χ1n) is 10.2. The lowest BCUT2D eigenvalue weighted by Crippen LogP contribution is -2.31. The number of aryl methyl sites for hydroxylation is 1. The molecule has 2 aromatic heterocycles. The smallest absolute Gasteiger partial charge is 0.227 e. The van der Waals surface area contributed by atoms with Gasteiger partial charge in [0.2, 0.25) is 5.91 Å². The number of fused-ring (bicyclic) bond motifs is 1. The number of aromatic nitrogens is 4. The summed E-state index contributed by atoms with van der Waals surface area (Å²) in [7, 11) is 1.64. The minimum Gasteiger partial charge on any atom is -0.497 e. The van der Waals surface area contributed by atoms with Crippen molar-refractivity contribution in [2.45, 2.75) is 32.7 Å². The second-order valence-electron chi connectivity index (χ2n) is 7.64. The number of hydrogen-bond acceptors (Lipinski definition) is 5. The highest BCUT2D eigenvalue weighted by molar-refractivity contribution is 5.83. The van der Waals surface area contributed by atoms with Crippen LogP contribution in [0.1, 0.15) is 42.8 Å². The van der Waals surface area contributed by atoms with E-state index in [0.29, 0.717) is 11.5 Å². The van der Waals surface area contributed by atoms with E-state index in [2.05, 4.69) is 20.4 Å². The summed E-state index contributed by atoms with van der Waals surface area (Å²) in [5, 5.41) is 7.50. The molecule has 0 aliphatic carbocycles. The number of carbonyl (C=O) groups is 1. The number of nitrogens with zero attached hydrogens (tertiary/aromatic N) is 4. The number of amides is 1. The normalized spacial score (nSPS) is 13.0. The third-order valence-electron chi connectivity index (χ3n) is 5.35. The number of benzene rings is 2. The highest BCUT2D eigenvalue weighted by Gasteiger charge is 2.20. The predicted molar refractivity (Wildman–Crippen MR) is 119 cm³/mol. The van der Waals surface area contributed by atoms with Gasteiger partial charge in [0.15, 0.2) is 11.5 Å². The first-order valence-corrected chi connectivity index (χ1v) is 10.2. The van der Waals surface area contributed by atoms with E-state index >= 15 is 0 Å². The highest BCUT2D eigenvalue weighted by atomic mass is 16.5. The number of hydrogen-bond donors (Lipinski definition) is 1. The fourth-order valence-electron chi connectivity index (χ4n) is 3.32. The molecule has 0 bridgehead atoms. The Morgan fingerprint density at radius 2 is 1.77 bits per heavy atom. The second-order valence-corrected chi connectivity index (χ2v) is 7.64. The number of methoxy groups -OCH3 is 1. The van der Waals surface area contributed by atoms with Gasteiger partial charge in [-0.2, -0.15) is 0 Å². The van der Waals surface area contributed by atoms with Crippen molar-refractivity contribution in [2.75, 3.05) is 7.11 Å². The van der Waals surface area contributed by atoms with Crippen LogP contribution in [0.4, 0.5) is 0 Å². The van der Waals surface area contributed by atoms with E-state index in [1.165, 1.54) is 5.56 Å². The van der Waals surface area contributed by atoms with Gasteiger partial charge in [-0.3, -0.25) is 4.79 Å². The summed E-state index contributed by atoms with van der Waals surface area (Å²) in [6.07, 6.45) is 1.63. The first kappa shape index (κ1) is 20.5. The van der Waals surface area contributed by atoms with E-state index in [-0.39, 0.29) is 17.9 Å². The third-order valence-corrected chi connectivity index (χ3v) is 5.35. The third kappa shape index (κ3) is 4.40. The van der Waals surface area contributed by atoms with Crippen LogP contribution in [-0.4, -0.2) is 32.6 Å². The Kier molecular flexibility index (Phi) is 5.66. The molecule has 1 N–H and O–H groups in total. The number of rotatable bonds is 6. The summed E-state index contributed by atoms with van der Waals surface area (Å²) in [6.45, 7) is 5.81. The molecule has 0 unspecified atom stereocenters. The molecular weight excluding hydrogens is 390 g/mol. The monoisotopic (exact) mass is 415 g/mol. The summed E-state index contributed by atoms with van der Waals surface area (Å²) in [6, 6.07) is 17.2. The fraction of sp³-hybridized carbons (Fsp3) is 0.250. The number of nitrogens with one attached hydrogen (secondary N) is 1. The molecule has 2 aromatic carbocycles. The molecule has 7 nitrogen and oxygen atoms in total. The Morgan fingerprint density at radius 1 is 1.06 bits per heavy atom. The molecule has 0 saturated heterocycles. The lowest BCUT2D eigenvalue weighted by Gasteiger charge is -2.16. The van der Waals surface area contributed by atoms with Crippen molar-refractivity contribution >= 4 is 11.6 Å². The van der Waals surface area contributed by atoms with Crippen molar-refractivity contribution in [3.63, 3.8) is 0 Å². The molecule has 0 aliphatic heterocycles. The summed E-state index contributed by atoms with van der Waals surface area (Å²) in [5.74, 6) is 1.01. The zero-order chi connectivity index (χ0) is 22.0.